The Hall–Kier alpha value is -1.69. The fraction of sp³-hybridized carbons (Fsp3) is 0.583. The van der Waals surface area contributed by atoms with Gasteiger partial charge in [0.15, 0.2) is 0 Å². The summed E-state index contributed by atoms with van der Waals surface area (Å²) in [6.45, 7) is 1.55. The molecule has 0 unspecified atom stereocenters. The summed E-state index contributed by atoms with van der Waals surface area (Å²) in [6.07, 6.45) is 6.54. The highest BCUT2D eigenvalue weighted by atomic mass is 16.5. The molecule has 2 rings (SSSR count). The highest BCUT2D eigenvalue weighted by molar-refractivity contribution is 5.77. The Labute approximate surface area is 106 Å². The fourth-order valence-electron chi connectivity index (χ4n) is 1.95. The lowest BCUT2D eigenvalue weighted by atomic mass is 10.1. The molecule has 18 heavy (non-hydrogen) atoms. The van der Waals surface area contributed by atoms with Crippen molar-refractivity contribution in [1.29, 1.82) is 0 Å². The molecule has 0 saturated carbocycles. The normalized spacial score (nSPS) is 16.6. The number of nitrogens with zero attached hydrogens (tertiary/aromatic N) is 3. The van der Waals surface area contributed by atoms with E-state index in [0.717, 1.165) is 12.8 Å². The average molecular weight is 251 g/mol. The van der Waals surface area contributed by atoms with E-state index in [-0.39, 0.29) is 18.6 Å². The molecular formula is C12H17N3O3. The molecule has 1 aliphatic rings. The number of carbonyl (C=O) groups excluding carboxylic acids is 1. The Kier molecular flexibility index (Phi) is 4.46. The molecular weight excluding hydrogens is 234 g/mol. The summed E-state index contributed by atoms with van der Waals surface area (Å²) < 4.78 is 10.5. The standard InChI is InChI=1S/C12H17N3O3/c1-17-9-12(16)15-6-2-10(3-7-15)18-11-8-13-4-5-14-11/h4-5,8,10H,2-3,6-7,9H2,1H3. The first-order chi connectivity index (χ1) is 8.79. The van der Waals surface area contributed by atoms with Crippen LogP contribution in [0.1, 0.15) is 12.8 Å². The molecule has 0 N–H and O–H groups in total. The lowest BCUT2D eigenvalue weighted by Crippen LogP contribution is -2.43. The maximum absolute atomic E-state index is 11.6. The van der Waals surface area contributed by atoms with E-state index in [1.807, 2.05) is 0 Å². The average Bonchev–Trinajstić information content (AvgIpc) is 2.41. The van der Waals surface area contributed by atoms with Gasteiger partial charge in [-0.25, -0.2) is 4.98 Å². The summed E-state index contributed by atoms with van der Waals surface area (Å²) in [5.41, 5.74) is 0. The van der Waals surface area contributed by atoms with Crippen molar-refractivity contribution in [2.24, 2.45) is 0 Å². The molecule has 6 nitrogen and oxygen atoms in total. The van der Waals surface area contributed by atoms with E-state index in [0.29, 0.717) is 19.0 Å². The van der Waals surface area contributed by atoms with Crippen molar-refractivity contribution in [1.82, 2.24) is 14.9 Å². The lowest BCUT2D eigenvalue weighted by molar-refractivity contribution is -0.136. The maximum Gasteiger partial charge on any atom is 0.248 e. The Balaban J connectivity index is 1.78. The molecule has 0 aliphatic carbocycles. The molecule has 6 heteroatoms. The Morgan fingerprint density at radius 2 is 2.22 bits per heavy atom. The van der Waals surface area contributed by atoms with Gasteiger partial charge in [0.1, 0.15) is 12.7 Å². The van der Waals surface area contributed by atoms with Crippen molar-refractivity contribution in [2.75, 3.05) is 26.8 Å². The summed E-state index contributed by atoms with van der Waals surface area (Å²) in [7, 11) is 1.53. The van der Waals surface area contributed by atoms with E-state index in [1.165, 1.54) is 7.11 Å². The zero-order chi connectivity index (χ0) is 12.8. The van der Waals surface area contributed by atoms with Crippen LogP contribution < -0.4 is 4.74 Å². The van der Waals surface area contributed by atoms with Crippen molar-refractivity contribution >= 4 is 5.91 Å². The van der Waals surface area contributed by atoms with Gasteiger partial charge in [-0.05, 0) is 0 Å². The minimum absolute atomic E-state index is 0.0375. The second kappa shape index (κ2) is 6.30. The van der Waals surface area contributed by atoms with E-state index in [9.17, 15) is 4.79 Å². The zero-order valence-corrected chi connectivity index (χ0v) is 10.4. The topological polar surface area (TPSA) is 64.5 Å². The van der Waals surface area contributed by atoms with Gasteiger partial charge in [0, 0.05) is 45.4 Å². The van der Waals surface area contributed by atoms with Crippen molar-refractivity contribution in [3.05, 3.63) is 18.6 Å². The molecule has 1 aromatic rings. The van der Waals surface area contributed by atoms with Crippen LogP contribution in [0.3, 0.4) is 0 Å². The van der Waals surface area contributed by atoms with Crippen LogP contribution in [-0.4, -0.2) is 53.7 Å². The smallest absolute Gasteiger partial charge is 0.248 e. The number of ether oxygens (including phenoxy) is 2. The summed E-state index contributed by atoms with van der Waals surface area (Å²) in [5.74, 6) is 0.578. The van der Waals surface area contributed by atoms with Crippen LogP contribution in [0.5, 0.6) is 5.88 Å². The third-order valence-corrected chi connectivity index (χ3v) is 2.89. The van der Waals surface area contributed by atoms with Crippen molar-refractivity contribution in [3.8, 4) is 5.88 Å². The highest BCUT2D eigenvalue weighted by Crippen LogP contribution is 2.16. The summed E-state index contributed by atoms with van der Waals surface area (Å²) in [4.78, 5) is 21.4. The largest absolute Gasteiger partial charge is 0.473 e. The molecule has 98 valence electrons. The van der Waals surface area contributed by atoms with Gasteiger partial charge >= 0.3 is 0 Å². The van der Waals surface area contributed by atoms with Crippen LogP contribution in [-0.2, 0) is 9.53 Å². The van der Waals surface area contributed by atoms with E-state index >= 15 is 0 Å². The Morgan fingerprint density at radius 3 is 2.83 bits per heavy atom. The number of aromatic nitrogens is 2. The molecule has 1 aliphatic heterocycles. The van der Waals surface area contributed by atoms with E-state index in [4.69, 9.17) is 9.47 Å². The third kappa shape index (κ3) is 3.40. The molecule has 0 spiro atoms. The van der Waals surface area contributed by atoms with Crippen molar-refractivity contribution in [2.45, 2.75) is 18.9 Å². The molecule has 1 aromatic heterocycles. The van der Waals surface area contributed by atoms with Gasteiger partial charge in [0.05, 0.1) is 6.20 Å². The number of hydrogen-bond acceptors (Lipinski definition) is 5. The van der Waals surface area contributed by atoms with Gasteiger partial charge in [-0.3, -0.25) is 9.78 Å². The third-order valence-electron chi connectivity index (χ3n) is 2.89. The SMILES string of the molecule is COCC(=O)N1CCC(Oc2cnccn2)CC1. The van der Waals surface area contributed by atoms with Gasteiger partial charge in [-0.15, -0.1) is 0 Å². The maximum atomic E-state index is 11.6. The Bertz CT molecular complexity index is 377. The second-order valence-corrected chi connectivity index (χ2v) is 4.17. The Morgan fingerprint density at radius 1 is 1.44 bits per heavy atom. The van der Waals surface area contributed by atoms with Crippen LogP contribution >= 0.6 is 0 Å². The van der Waals surface area contributed by atoms with Gasteiger partial charge in [0.25, 0.3) is 0 Å². The molecule has 1 saturated heterocycles. The van der Waals surface area contributed by atoms with Gasteiger partial charge in [-0.1, -0.05) is 0 Å². The summed E-state index contributed by atoms with van der Waals surface area (Å²) in [6, 6.07) is 0. The molecule has 0 radical (unpaired) electrons. The second-order valence-electron chi connectivity index (χ2n) is 4.17. The van der Waals surface area contributed by atoms with Gasteiger partial charge in [0.2, 0.25) is 11.8 Å². The molecule has 0 bridgehead atoms. The minimum atomic E-state index is 0.0375. The number of piperidine rings is 1. The number of likely N-dealkylation sites (tertiary alicyclic amines) is 1. The summed E-state index contributed by atoms with van der Waals surface area (Å²) >= 11 is 0. The number of rotatable bonds is 4. The van der Waals surface area contributed by atoms with Crippen molar-refractivity contribution in [3.63, 3.8) is 0 Å². The molecule has 0 aromatic carbocycles. The van der Waals surface area contributed by atoms with Crippen LogP contribution in [0.2, 0.25) is 0 Å². The van der Waals surface area contributed by atoms with E-state index in [2.05, 4.69) is 9.97 Å². The predicted octanol–water partition coefficient (Wildman–Crippen LogP) is 0.493. The van der Waals surface area contributed by atoms with Crippen LogP contribution in [0.15, 0.2) is 18.6 Å². The first-order valence-corrected chi connectivity index (χ1v) is 5.99. The molecule has 2 heterocycles. The highest BCUT2D eigenvalue weighted by Gasteiger charge is 2.23. The van der Waals surface area contributed by atoms with Gasteiger partial charge in [-0.2, -0.15) is 0 Å². The van der Waals surface area contributed by atoms with E-state index in [1.54, 1.807) is 23.5 Å². The zero-order valence-electron chi connectivity index (χ0n) is 10.4. The van der Waals surface area contributed by atoms with Gasteiger partial charge < -0.3 is 14.4 Å². The number of amides is 1. The molecule has 1 fully saturated rings. The number of methoxy groups -OCH3 is 1. The number of carbonyl (C=O) groups is 1. The summed E-state index contributed by atoms with van der Waals surface area (Å²) in [5, 5.41) is 0. The van der Waals surface area contributed by atoms with Crippen LogP contribution in [0, 0.1) is 0 Å². The molecule has 0 atom stereocenters. The predicted molar refractivity (Wildman–Crippen MR) is 64.1 cm³/mol. The van der Waals surface area contributed by atoms with Crippen molar-refractivity contribution < 1.29 is 14.3 Å². The monoisotopic (exact) mass is 251 g/mol. The first kappa shape index (κ1) is 12.8. The van der Waals surface area contributed by atoms with Crippen LogP contribution in [0.4, 0.5) is 0 Å². The lowest BCUT2D eigenvalue weighted by Gasteiger charge is -2.31. The number of hydrogen-bond donors (Lipinski definition) is 0. The fourth-order valence-corrected chi connectivity index (χ4v) is 1.95. The minimum Gasteiger partial charge on any atom is -0.473 e. The van der Waals surface area contributed by atoms with Crippen LogP contribution in [0.25, 0.3) is 0 Å². The quantitative estimate of drug-likeness (QED) is 0.779. The van der Waals surface area contributed by atoms with E-state index < -0.39 is 0 Å². The first-order valence-electron chi connectivity index (χ1n) is 5.99. The molecule has 1 amide bonds.